The number of allylic oxidation sites excluding steroid dienone is 1. The van der Waals surface area contributed by atoms with Crippen LogP contribution in [0.2, 0.25) is 0 Å². The lowest BCUT2D eigenvalue weighted by Crippen LogP contribution is -2.28. The van der Waals surface area contributed by atoms with Crippen LogP contribution in [0.15, 0.2) is 135 Å². The first-order valence-electron chi connectivity index (χ1n) is 14.6. The fourth-order valence-electron chi connectivity index (χ4n) is 5.61. The summed E-state index contributed by atoms with van der Waals surface area (Å²) in [5, 5.41) is 20.4. The van der Waals surface area contributed by atoms with Gasteiger partial charge in [0.2, 0.25) is 0 Å². The molecule has 0 aromatic heterocycles. The number of hydrogen-bond acceptors (Lipinski definition) is 7. The Morgan fingerprint density at radius 2 is 1.09 bits per heavy atom. The quantitative estimate of drug-likeness (QED) is 0.0658. The first-order chi connectivity index (χ1) is 21.9. The first kappa shape index (κ1) is 31.3. The molecular weight excluding hydrogens is 568 g/mol. The van der Waals surface area contributed by atoms with Gasteiger partial charge in [-0.25, -0.2) is 4.79 Å². The zero-order valence-electron chi connectivity index (χ0n) is 24.9. The van der Waals surface area contributed by atoms with Gasteiger partial charge in [0.1, 0.15) is 55.9 Å². The number of aliphatic hydroxyl groups excluding tert-OH is 2. The number of aliphatic hydroxyl groups is 2. The molecule has 2 N–H and O–H groups in total. The van der Waals surface area contributed by atoms with Crippen LogP contribution in [-0.2, 0) is 19.7 Å². The maximum Gasteiger partial charge on any atom is 0.330 e. The van der Waals surface area contributed by atoms with Crippen LogP contribution in [0.5, 0.6) is 11.5 Å². The number of fused-ring (bicyclic) bond motifs is 3. The van der Waals surface area contributed by atoms with Crippen LogP contribution in [0, 0.1) is 0 Å². The Balaban J connectivity index is 1.43. The first-order valence-corrected chi connectivity index (χ1v) is 14.6. The Bertz CT molecular complexity index is 1530. The zero-order valence-corrected chi connectivity index (χ0v) is 24.9. The second-order valence-electron chi connectivity index (χ2n) is 10.6. The van der Waals surface area contributed by atoms with Crippen molar-refractivity contribution in [3.05, 3.63) is 157 Å². The molecule has 0 spiro atoms. The van der Waals surface area contributed by atoms with E-state index < -0.39 is 23.6 Å². The van der Waals surface area contributed by atoms with Crippen molar-refractivity contribution in [2.24, 2.45) is 0 Å². The molecule has 0 amide bonds. The van der Waals surface area contributed by atoms with Crippen molar-refractivity contribution in [1.29, 1.82) is 0 Å². The predicted octanol–water partition coefficient (Wildman–Crippen LogP) is 5.97. The average Bonchev–Trinajstić information content (AvgIpc) is 3.39. The van der Waals surface area contributed by atoms with Crippen LogP contribution < -0.4 is 9.47 Å². The van der Waals surface area contributed by atoms with Gasteiger partial charge in [-0.3, -0.25) is 0 Å². The highest BCUT2D eigenvalue weighted by Crippen LogP contribution is 2.56. The maximum absolute atomic E-state index is 11.3. The van der Waals surface area contributed by atoms with E-state index in [2.05, 4.69) is 80.4 Å². The van der Waals surface area contributed by atoms with E-state index in [1.807, 2.05) is 36.4 Å². The van der Waals surface area contributed by atoms with Crippen molar-refractivity contribution in [3.63, 3.8) is 0 Å². The molecule has 5 rings (SSSR count). The van der Waals surface area contributed by atoms with Crippen molar-refractivity contribution in [2.75, 3.05) is 26.4 Å². The van der Waals surface area contributed by atoms with Gasteiger partial charge in [-0.2, -0.15) is 0 Å². The predicted molar refractivity (Wildman–Crippen MR) is 173 cm³/mol. The molecule has 0 saturated heterocycles. The molecule has 0 bridgehead atoms. The summed E-state index contributed by atoms with van der Waals surface area (Å²) in [6, 6.07) is 32.6. The molecule has 0 aliphatic heterocycles. The number of carbonyl (C=O) groups is 1. The van der Waals surface area contributed by atoms with Crippen molar-refractivity contribution in [3.8, 4) is 22.6 Å². The van der Waals surface area contributed by atoms with E-state index in [0.717, 1.165) is 39.5 Å². The van der Waals surface area contributed by atoms with Crippen LogP contribution in [0.25, 0.3) is 11.1 Å². The number of ether oxygens (including phenoxy) is 4. The molecule has 4 aromatic carbocycles. The van der Waals surface area contributed by atoms with Crippen LogP contribution in [0.1, 0.15) is 22.3 Å². The molecule has 0 heterocycles. The van der Waals surface area contributed by atoms with Gasteiger partial charge in [0.15, 0.2) is 0 Å². The second kappa shape index (κ2) is 14.1. The van der Waals surface area contributed by atoms with Gasteiger partial charge in [-0.1, -0.05) is 92.5 Å². The number of carbonyl (C=O) groups excluding carboxylic acids is 1. The molecule has 230 valence electrons. The Hall–Kier alpha value is -5.11. The molecule has 0 radical (unpaired) electrons. The molecule has 7 heteroatoms. The maximum atomic E-state index is 11.3. The Labute approximate surface area is 263 Å². The highest BCUT2D eigenvalue weighted by Gasteiger charge is 2.45. The lowest BCUT2D eigenvalue weighted by molar-refractivity contribution is -0.141. The Morgan fingerprint density at radius 1 is 0.644 bits per heavy atom. The average molecular weight is 605 g/mol. The lowest BCUT2D eigenvalue weighted by Gasteiger charge is -2.34. The molecule has 2 unspecified atom stereocenters. The number of benzene rings is 4. The third kappa shape index (κ3) is 6.70. The minimum Gasteiger partial charge on any atom is -0.491 e. The summed E-state index contributed by atoms with van der Waals surface area (Å²) >= 11 is 0. The Kier molecular flexibility index (Phi) is 9.82. The summed E-state index contributed by atoms with van der Waals surface area (Å²) < 4.78 is 21.9. The van der Waals surface area contributed by atoms with E-state index in [1.165, 1.54) is 6.08 Å². The van der Waals surface area contributed by atoms with E-state index in [0.29, 0.717) is 17.3 Å². The SMILES string of the molecule is C=CC(=C)OCC(O)COc1ccc(C2(c3ccc(OCC(O)COC(=O)C=C)cc3)c3ccccc3-c3ccccc32)cc1. The molecular formula is C38H36O7. The summed E-state index contributed by atoms with van der Waals surface area (Å²) in [7, 11) is 0. The largest absolute Gasteiger partial charge is 0.491 e. The van der Waals surface area contributed by atoms with Crippen LogP contribution in [-0.4, -0.2) is 54.8 Å². The van der Waals surface area contributed by atoms with Crippen LogP contribution >= 0.6 is 0 Å². The van der Waals surface area contributed by atoms with Gasteiger partial charge in [0, 0.05) is 6.08 Å². The topological polar surface area (TPSA) is 94.5 Å². The summed E-state index contributed by atoms with van der Waals surface area (Å²) in [6.07, 6.45) is 0.727. The molecule has 0 saturated carbocycles. The number of esters is 1. The van der Waals surface area contributed by atoms with Crippen molar-refractivity contribution in [2.45, 2.75) is 17.6 Å². The molecule has 1 aliphatic rings. The van der Waals surface area contributed by atoms with E-state index in [9.17, 15) is 15.0 Å². The number of rotatable bonds is 15. The third-order valence-electron chi connectivity index (χ3n) is 7.69. The fraction of sp³-hybridized carbons (Fsp3) is 0.184. The zero-order chi connectivity index (χ0) is 31.8. The van der Waals surface area contributed by atoms with Gasteiger partial charge in [0.25, 0.3) is 0 Å². The summed E-state index contributed by atoms with van der Waals surface area (Å²) in [6.45, 7) is 10.5. The van der Waals surface area contributed by atoms with Gasteiger partial charge >= 0.3 is 5.97 Å². The van der Waals surface area contributed by atoms with Crippen molar-refractivity contribution in [1.82, 2.24) is 0 Å². The highest BCUT2D eigenvalue weighted by molar-refractivity contribution is 5.86. The molecule has 7 nitrogen and oxygen atoms in total. The monoisotopic (exact) mass is 604 g/mol. The van der Waals surface area contributed by atoms with Crippen LogP contribution in [0.3, 0.4) is 0 Å². The van der Waals surface area contributed by atoms with E-state index >= 15 is 0 Å². The van der Waals surface area contributed by atoms with Gasteiger partial charge in [-0.15, -0.1) is 0 Å². The molecule has 0 fully saturated rings. The van der Waals surface area contributed by atoms with Gasteiger partial charge in [0.05, 0.1) is 5.41 Å². The van der Waals surface area contributed by atoms with E-state index in [-0.39, 0.29) is 26.4 Å². The lowest BCUT2D eigenvalue weighted by atomic mass is 9.68. The standard InChI is InChI=1S/C38H36O7/c1-4-26(3)42-22-29(39)23-43-31-18-14-27(15-19-31)38(35-12-8-6-10-33(35)34-11-7-9-13-36(34)38)28-16-20-32(21-17-28)44-24-30(40)25-45-37(41)5-2/h4-21,29-30,39-40H,1-3,22-25H2. The van der Waals surface area contributed by atoms with E-state index in [4.69, 9.17) is 18.9 Å². The van der Waals surface area contributed by atoms with Crippen molar-refractivity contribution < 1.29 is 34.0 Å². The summed E-state index contributed by atoms with van der Waals surface area (Å²) in [5.74, 6) is 0.990. The fourth-order valence-corrected chi connectivity index (χ4v) is 5.61. The molecule has 45 heavy (non-hydrogen) atoms. The van der Waals surface area contributed by atoms with Crippen molar-refractivity contribution >= 4 is 5.97 Å². The third-order valence-corrected chi connectivity index (χ3v) is 7.69. The second-order valence-corrected chi connectivity index (χ2v) is 10.6. The summed E-state index contributed by atoms with van der Waals surface area (Å²) in [5.41, 5.74) is 6.10. The van der Waals surface area contributed by atoms with Crippen LogP contribution in [0.4, 0.5) is 0 Å². The number of hydrogen-bond donors (Lipinski definition) is 2. The summed E-state index contributed by atoms with van der Waals surface area (Å²) in [4.78, 5) is 11.3. The minimum atomic E-state index is -0.977. The van der Waals surface area contributed by atoms with E-state index in [1.54, 1.807) is 0 Å². The van der Waals surface area contributed by atoms with Gasteiger partial charge < -0.3 is 29.2 Å². The van der Waals surface area contributed by atoms with Gasteiger partial charge in [-0.05, 0) is 63.7 Å². The Morgan fingerprint density at radius 3 is 1.53 bits per heavy atom. The normalized spacial score (nSPS) is 13.8. The smallest absolute Gasteiger partial charge is 0.330 e. The molecule has 1 aliphatic carbocycles. The highest BCUT2D eigenvalue weighted by atomic mass is 16.5. The minimum absolute atomic E-state index is 0.0358. The molecule has 4 aromatic rings. The molecule has 2 atom stereocenters.